The quantitative estimate of drug-likeness (QED) is 0.323. The van der Waals surface area contributed by atoms with Crippen molar-refractivity contribution in [3.8, 4) is 5.75 Å². The Morgan fingerprint density at radius 1 is 1.29 bits per heavy atom. The molecule has 1 aliphatic rings. The van der Waals surface area contributed by atoms with Crippen LogP contribution < -0.4 is 15.1 Å². The molecular weight excluding hydrogens is 546 g/mol. The third kappa shape index (κ3) is 5.51. The van der Waals surface area contributed by atoms with Crippen LogP contribution >= 0.6 is 43.5 Å². The number of anilines is 1. The van der Waals surface area contributed by atoms with E-state index >= 15 is 0 Å². The number of hydrogen-bond acceptors (Lipinski definition) is 4. The van der Waals surface area contributed by atoms with Gasteiger partial charge in [-0.25, -0.2) is 5.43 Å². The number of allylic oxidation sites excluding steroid dienone is 1. The number of carbonyl (C=O) groups is 1. The highest BCUT2D eigenvalue weighted by Gasteiger charge is 2.30. The topological polar surface area (TPSA) is 53.9 Å². The molecule has 31 heavy (non-hydrogen) atoms. The number of fused-ring (bicyclic) bond motifs is 1. The molecule has 164 valence electrons. The van der Waals surface area contributed by atoms with Crippen molar-refractivity contribution >= 4 is 66.8 Å². The lowest BCUT2D eigenvalue weighted by Crippen LogP contribution is -2.44. The average Bonchev–Trinajstić information content (AvgIpc) is 2.68. The van der Waals surface area contributed by atoms with Crippen molar-refractivity contribution in [3.05, 3.63) is 61.5 Å². The van der Waals surface area contributed by atoms with E-state index in [1.807, 2.05) is 24.3 Å². The smallest absolute Gasteiger partial charge is 0.277 e. The molecule has 0 atom stereocenters. The van der Waals surface area contributed by atoms with Crippen LogP contribution in [0.4, 0.5) is 5.69 Å². The van der Waals surface area contributed by atoms with E-state index in [-0.39, 0.29) is 18.1 Å². The van der Waals surface area contributed by atoms with Gasteiger partial charge in [0.2, 0.25) is 0 Å². The zero-order valence-corrected chi connectivity index (χ0v) is 21.7. The van der Waals surface area contributed by atoms with E-state index in [1.165, 1.54) is 5.57 Å². The predicted molar refractivity (Wildman–Crippen MR) is 135 cm³/mol. The first-order valence-corrected chi connectivity index (χ1v) is 11.8. The molecule has 0 saturated heterocycles. The number of benzene rings is 2. The Morgan fingerprint density at radius 2 is 2.03 bits per heavy atom. The molecule has 0 fully saturated rings. The molecule has 1 N–H and O–H groups in total. The van der Waals surface area contributed by atoms with Gasteiger partial charge in [0, 0.05) is 27.8 Å². The lowest BCUT2D eigenvalue weighted by molar-refractivity contribution is -0.123. The summed E-state index contributed by atoms with van der Waals surface area (Å²) in [6, 6.07) is 9.43. The van der Waals surface area contributed by atoms with Crippen molar-refractivity contribution in [1.29, 1.82) is 0 Å². The summed E-state index contributed by atoms with van der Waals surface area (Å²) >= 11 is 13.3. The van der Waals surface area contributed by atoms with Gasteiger partial charge in [0.15, 0.2) is 6.61 Å². The minimum absolute atomic E-state index is 0.0808. The highest BCUT2D eigenvalue weighted by Crippen LogP contribution is 2.40. The largest absolute Gasteiger partial charge is 0.483 e. The van der Waals surface area contributed by atoms with E-state index in [2.05, 4.69) is 81.1 Å². The SMILES string of the molecule is CCN1c2cc(Cl)c(/C=N/NC(=O)COc3ccc(Br)cc3Br)cc2C(C)=CC1(C)C. The van der Waals surface area contributed by atoms with E-state index in [0.717, 1.165) is 32.3 Å². The number of amides is 1. The van der Waals surface area contributed by atoms with Gasteiger partial charge in [-0.3, -0.25) is 4.79 Å². The molecule has 2 aromatic rings. The van der Waals surface area contributed by atoms with Gasteiger partial charge in [-0.1, -0.05) is 33.6 Å². The van der Waals surface area contributed by atoms with Crippen LogP contribution in [0.3, 0.4) is 0 Å². The number of carbonyl (C=O) groups excluding carboxylic acids is 1. The maximum atomic E-state index is 12.1. The third-order valence-corrected chi connectivity index (χ3v) is 6.50. The Hall–Kier alpha value is -1.83. The summed E-state index contributed by atoms with van der Waals surface area (Å²) in [5.41, 5.74) is 6.54. The van der Waals surface area contributed by atoms with Gasteiger partial charge in [-0.05, 0) is 79.5 Å². The first-order valence-electron chi connectivity index (χ1n) is 9.83. The van der Waals surface area contributed by atoms with E-state index < -0.39 is 0 Å². The van der Waals surface area contributed by atoms with Crippen molar-refractivity contribution in [2.45, 2.75) is 33.2 Å². The fourth-order valence-corrected chi connectivity index (χ4v) is 5.10. The number of ether oxygens (including phenoxy) is 1. The van der Waals surface area contributed by atoms with Gasteiger partial charge < -0.3 is 9.64 Å². The predicted octanol–water partition coefficient (Wildman–Crippen LogP) is 6.42. The van der Waals surface area contributed by atoms with Gasteiger partial charge in [0.25, 0.3) is 5.91 Å². The van der Waals surface area contributed by atoms with Gasteiger partial charge in [-0.15, -0.1) is 0 Å². The summed E-state index contributed by atoms with van der Waals surface area (Å²) in [6.45, 7) is 9.33. The van der Waals surface area contributed by atoms with Crippen LogP contribution in [0.2, 0.25) is 5.02 Å². The maximum absolute atomic E-state index is 12.1. The molecular formula is C23H24Br2ClN3O2. The fraction of sp³-hybridized carbons (Fsp3) is 0.304. The Morgan fingerprint density at radius 3 is 2.71 bits per heavy atom. The third-order valence-electron chi connectivity index (χ3n) is 5.06. The standard InChI is InChI=1S/C23H24Br2ClN3O2/c1-5-29-20-10-19(26)15(8-17(20)14(2)11-23(29,3)4)12-27-28-22(30)13-31-21-7-6-16(24)9-18(21)25/h6-12H,5,13H2,1-4H3,(H,28,30)/b27-12+. The number of nitrogens with zero attached hydrogens (tertiary/aromatic N) is 2. The van der Waals surface area contributed by atoms with E-state index in [1.54, 1.807) is 12.3 Å². The molecule has 8 heteroatoms. The van der Waals surface area contributed by atoms with Gasteiger partial charge in [-0.2, -0.15) is 5.10 Å². The molecule has 0 aliphatic carbocycles. The summed E-state index contributed by atoms with van der Waals surface area (Å²) in [5, 5.41) is 4.63. The van der Waals surface area contributed by atoms with Crippen LogP contribution in [0.5, 0.6) is 5.75 Å². The van der Waals surface area contributed by atoms with Crippen LogP contribution in [0.1, 0.15) is 38.8 Å². The zero-order chi connectivity index (χ0) is 22.8. The first-order chi connectivity index (χ1) is 14.6. The molecule has 0 spiro atoms. The Labute approximate surface area is 204 Å². The number of rotatable bonds is 6. The number of nitrogens with one attached hydrogen (secondary N) is 1. The highest BCUT2D eigenvalue weighted by molar-refractivity contribution is 9.11. The molecule has 1 amide bonds. The summed E-state index contributed by atoms with van der Waals surface area (Å²) in [5.74, 6) is 0.209. The minimum atomic E-state index is -0.366. The van der Waals surface area contributed by atoms with Crippen molar-refractivity contribution in [1.82, 2.24) is 5.43 Å². The Kier molecular flexibility index (Phi) is 7.50. The van der Waals surface area contributed by atoms with Crippen molar-refractivity contribution < 1.29 is 9.53 Å². The second-order valence-electron chi connectivity index (χ2n) is 7.77. The van der Waals surface area contributed by atoms with Gasteiger partial charge >= 0.3 is 0 Å². The molecule has 3 rings (SSSR count). The second kappa shape index (κ2) is 9.76. The van der Waals surface area contributed by atoms with E-state index in [0.29, 0.717) is 10.8 Å². The number of halogens is 3. The molecule has 2 aromatic carbocycles. The van der Waals surface area contributed by atoms with Crippen LogP contribution in [0.15, 0.2) is 50.5 Å². The van der Waals surface area contributed by atoms with Gasteiger partial charge in [0.1, 0.15) is 5.75 Å². The number of likely N-dealkylation sites (N-methyl/N-ethyl adjacent to an activating group) is 1. The lowest BCUT2D eigenvalue weighted by Gasteiger charge is -2.43. The van der Waals surface area contributed by atoms with Gasteiger partial charge in [0.05, 0.1) is 21.2 Å². The van der Waals surface area contributed by atoms with Crippen molar-refractivity contribution in [2.24, 2.45) is 5.10 Å². The van der Waals surface area contributed by atoms with E-state index in [4.69, 9.17) is 16.3 Å². The lowest BCUT2D eigenvalue weighted by atomic mass is 9.88. The molecule has 1 aliphatic heterocycles. The molecule has 0 unspecified atom stereocenters. The summed E-state index contributed by atoms with van der Waals surface area (Å²) in [7, 11) is 0. The summed E-state index contributed by atoms with van der Waals surface area (Å²) in [4.78, 5) is 14.4. The normalized spacial score (nSPS) is 14.9. The van der Waals surface area contributed by atoms with Crippen molar-refractivity contribution in [2.75, 3.05) is 18.1 Å². The highest BCUT2D eigenvalue weighted by atomic mass is 79.9. The fourth-order valence-electron chi connectivity index (χ4n) is 3.73. The van der Waals surface area contributed by atoms with Crippen LogP contribution in [0.25, 0.3) is 5.57 Å². The molecule has 0 radical (unpaired) electrons. The average molecular weight is 570 g/mol. The maximum Gasteiger partial charge on any atom is 0.277 e. The molecule has 0 bridgehead atoms. The Balaban J connectivity index is 1.69. The number of hydrogen-bond donors (Lipinski definition) is 1. The Bertz CT molecular complexity index is 1070. The summed E-state index contributed by atoms with van der Waals surface area (Å²) in [6.07, 6.45) is 3.81. The molecule has 0 aromatic heterocycles. The van der Waals surface area contributed by atoms with Crippen LogP contribution in [-0.2, 0) is 4.79 Å². The number of hydrazone groups is 1. The summed E-state index contributed by atoms with van der Waals surface area (Å²) < 4.78 is 7.19. The minimum Gasteiger partial charge on any atom is -0.483 e. The molecule has 0 saturated carbocycles. The molecule has 5 nitrogen and oxygen atoms in total. The van der Waals surface area contributed by atoms with Crippen molar-refractivity contribution in [3.63, 3.8) is 0 Å². The second-order valence-corrected chi connectivity index (χ2v) is 9.95. The molecule has 1 heterocycles. The first kappa shape index (κ1) is 23.8. The van der Waals surface area contributed by atoms with E-state index in [9.17, 15) is 4.79 Å². The van der Waals surface area contributed by atoms with Crippen LogP contribution in [0, 0.1) is 0 Å². The monoisotopic (exact) mass is 567 g/mol. The zero-order valence-electron chi connectivity index (χ0n) is 17.8. The van der Waals surface area contributed by atoms with Crippen LogP contribution in [-0.4, -0.2) is 30.8 Å².